The molecule has 0 radical (unpaired) electrons. The summed E-state index contributed by atoms with van der Waals surface area (Å²) in [4.78, 5) is 11.7. The molecule has 1 saturated carbocycles. The van der Waals surface area contributed by atoms with Gasteiger partial charge in [0.05, 0.1) is 10.7 Å². The highest BCUT2D eigenvalue weighted by Crippen LogP contribution is 2.46. The second kappa shape index (κ2) is 3.69. The van der Waals surface area contributed by atoms with Crippen LogP contribution in [0.1, 0.15) is 19.8 Å². The monoisotopic (exact) mass is 243 g/mol. The third-order valence-corrected chi connectivity index (χ3v) is 3.28. The minimum Gasteiger partial charge on any atom is -0.324 e. The molecule has 2 rings (SSSR count). The van der Waals surface area contributed by atoms with Crippen LogP contribution in [0.4, 0.5) is 5.69 Å². The minimum absolute atomic E-state index is 0.0340. The number of rotatable bonds is 2. The number of halogens is 2. The lowest BCUT2D eigenvalue weighted by Gasteiger charge is -2.11. The molecule has 1 aromatic carbocycles. The molecule has 0 aliphatic heterocycles. The highest BCUT2D eigenvalue weighted by molar-refractivity contribution is 6.36. The summed E-state index contributed by atoms with van der Waals surface area (Å²) in [6, 6.07) is 5.04. The predicted octanol–water partition coefficient (Wildman–Crippen LogP) is 3.73. The fourth-order valence-corrected chi connectivity index (χ4v) is 1.73. The first kappa shape index (κ1) is 10.8. The first-order valence-corrected chi connectivity index (χ1v) is 5.53. The molecule has 1 aliphatic rings. The van der Waals surface area contributed by atoms with E-state index in [1.807, 2.05) is 6.92 Å². The van der Waals surface area contributed by atoms with Crippen molar-refractivity contribution in [3.8, 4) is 0 Å². The van der Waals surface area contributed by atoms with Crippen molar-refractivity contribution in [2.24, 2.45) is 5.41 Å². The molecule has 1 amide bonds. The van der Waals surface area contributed by atoms with E-state index in [1.165, 1.54) is 0 Å². The van der Waals surface area contributed by atoms with Gasteiger partial charge in [0.1, 0.15) is 0 Å². The number of carbonyl (C=O) groups excluding carboxylic acids is 1. The van der Waals surface area contributed by atoms with E-state index < -0.39 is 0 Å². The largest absolute Gasteiger partial charge is 0.324 e. The van der Waals surface area contributed by atoms with Gasteiger partial charge in [-0.2, -0.15) is 0 Å². The van der Waals surface area contributed by atoms with Gasteiger partial charge in [-0.25, -0.2) is 0 Å². The molecule has 1 fully saturated rings. The molecule has 1 N–H and O–H groups in total. The lowest BCUT2D eigenvalue weighted by atomic mass is 10.1. The lowest BCUT2D eigenvalue weighted by Crippen LogP contribution is -2.21. The topological polar surface area (TPSA) is 29.1 Å². The molecule has 1 aromatic rings. The molecule has 2 nitrogen and oxygen atoms in total. The Morgan fingerprint density at radius 3 is 2.60 bits per heavy atom. The van der Waals surface area contributed by atoms with Crippen LogP contribution in [0.15, 0.2) is 18.2 Å². The van der Waals surface area contributed by atoms with Crippen LogP contribution in [-0.2, 0) is 4.79 Å². The van der Waals surface area contributed by atoms with Gasteiger partial charge in [0.25, 0.3) is 0 Å². The van der Waals surface area contributed by atoms with E-state index in [0.717, 1.165) is 12.8 Å². The first-order chi connectivity index (χ1) is 7.01. The van der Waals surface area contributed by atoms with Gasteiger partial charge in [-0.3, -0.25) is 4.79 Å². The molecule has 15 heavy (non-hydrogen) atoms. The molecule has 0 unspecified atom stereocenters. The van der Waals surface area contributed by atoms with Crippen LogP contribution in [0, 0.1) is 5.41 Å². The van der Waals surface area contributed by atoms with E-state index in [-0.39, 0.29) is 11.3 Å². The summed E-state index contributed by atoms with van der Waals surface area (Å²) in [5.74, 6) is 0.0340. The Balaban J connectivity index is 2.14. The zero-order valence-electron chi connectivity index (χ0n) is 8.31. The minimum atomic E-state index is -0.192. The van der Waals surface area contributed by atoms with E-state index in [4.69, 9.17) is 23.2 Å². The van der Waals surface area contributed by atoms with Gasteiger partial charge in [0.2, 0.25) is 5.91 Å². The molecule has 0 aromatic heterocycles. The summed E-state index contributed by atoms with van der Waals surface area (Å²) in [6.45, 7) is 1.95. The maximum absolute atomic E-state index is 11.7. The Bertz CT molecular complexity index is 413. The molecule has 4 heteroatoms. The van der Waals surface area contributed by atoms with Crippen LogP contribution in [0.25, 0.3) is 0 Å². The second-order valence-electron chi connectivity index (χ2n) is 4.14. The predicted molar refractivity (Wildman–Crippen MR) is 62.4 cm³/mol. The van der Waals surface area contributed by atoms with Crippen molar-refractivity contribution in [1.29, 1.82) is 0 Å². The van der Waals surface area contributed by atoms with Gasteiger partial charge in [0, 0.05) is 10.4 Å². The number of hydrogen-bond acceptors (Lipinski definition) is 1. The van der Waals surface area contributed by atoms with Gasteiger partial charge < -0.3 is 5.32 Å². The summed E-state index contributed by atoms with van der Waals surface area (Å²) in [6.07, 6.45) is 1.90. The molecule has 0 atom stereocenters. The molecule has 1 aliphatic carbocycles. The average molecular weight is 244 g/mol. The second-order valence-corrected chi connectivity index (χ2v) is 4.98. The number of benzene rings is 1. The van der Waals surface area contributed by atoms with Crippen molar-refractivity contribution in [3.05, 3.63) is 28.2 Å². The fraction of sp³-hybridized carbons (Fsp3) is 0.364. The number of amides is 1. The first-order valence-electron chi connectivity index (χ1n) is 4.78. The van der Waals surface area contributed by atoms with E-state index in [2.05, 4.69) is 5.32 Å². The van der Waals surface area contributed by atoms with Crippen LogP contribution < -0.4 is 5.32 Å². The quantitative estimate of drug-likeness (QED) is 0.843. The van der Waals surface area contributed by atoms with Gasteiger partial charge >= 0.3 is 0 Å². The average Bonchev–Trinajstić information content (AvgIpc) is 2.90. The number of carbonyl (C=O) groups is 1. The fourth-order valence-electron chi connectivity index (χ4n) is 1.28. The van der Waals surface area contributed by atoms with Crippen molar-refractivity contribution in [2.75, 3.05) is 5.32 Å². The summed E-state index contributed by atoms with van der Waals surface area (Å²) >= 11 is 11.7. The number of hydrogen-bond donors (Lipinski definition) is 1. The number of anilines is 1. The van der Waals surface area contributed by atoms with Gasteiger partial charge in [-0.05, 0) is 31.0 Å². The van der Waals surface area contributed by atoms with Gasteiger partial charge in [-0.15, -0.1) is 0 Å². The Hall–Kier alpha value is -0.730. The van der Waals surface area contributed by atoms with Crippen molar-refractivity contribution in [2.45, 2.75) is 19.8 Å². The van der Waals surface area contributed by atoms with Crippen LogP contribution in [0.5, 0.6) is 0 Å². The maximum Gasteiger partial charge on any atom is 0.230 e. The van der Waals surface area contributed by atoms with Crippen molar-refractivity contribution < 1.29 is 4.79 Å². The van der Waals surface area contributed by atoms with Crippen LogP contribution in [-0.4, -0.2) is 5.91 Å². The van der Waals surface area contributed by atoms with E-state index in [9.17, 15) is 4.79 Å². The summed E-state index contributed by atoms with van der Waals surface area (Å²) in [5.41, 5.74) is 0.433. The Morgan fingerprint density at radius 2 is 2.07 bits per heavy atom. The molecular formula is C11H11Cl2NO. The summed E-state index contributed by atoms with van der Waals surface area (Å²) in [5, 5.41) is 3.85. The summed E-state index contributed by atoms with van der Waals surface area (Å²) in [7, 11) is 0. The van der Waals surface area contributed by atoms with Crippen molar-refractivity contribution >= 4 is 34.8 Å². The highest BCUT2D eigenvalue weighted by Gasteiger charge is 2.44. The Labute approximate surface area is 98.6 Å². The Kier molecular flexibility index (Phi) is 2.65. The van der Waals surface area contributed by atoms with Gasteiger partial charge in [-0.1, -0.05) is 30.1 Å². The third-order valence-electron chi connectivity index (χ3n) is 2.73. The highest BCUT2D eigenvalue weighted by atomic mass is 35.5. The molecule has 0 heterocycles. The standard InChI is InChI=1S/C11H11Cl2NO/c1-11(4-5-11)10(15)14-9-3-2-7(12)6-8(9)13/h2-3,6H,4-5H2,1H3,(H,14,15). The normalized spacial score (nSPS) is 17.3. The summed E-state index contributed by atoms with van der Waals surface area (Å²) < 4.78 is 0. The molecular weight excluding hydrogens is 233 g/mol. The van der Waals surface area contributed by atoms with Crippen LogP contribution >= 0.6 is 23.2 Å². The number of nitrogens with one attached hydrogen (secondary N) is 1. The van der Waals surface area contributed by atoms with Gasteiger partial charge in [0.15, 0.2) is 0 Å². The Morgan fingerprint density at radius 1 is 1.40 bits per heavy atom. The van der Waals surface area contributed by atoms with E-state index in [1.54, 1.807) is 18.2 Å². The SMILES string of the molecule is CC1(C(=O)Nc2ccc(Cl)cc2Cl)CC1. The molecule has 80 valence electrons. The van der Waals surface area contributed by atoms with E-state index >= 15 is 0 Å². The zero-order valence-corrected chi connectivity index (χ0v) is 9.82. The smallest absolute Gasteiger partial charge is 0.230 e. The van der Waals surface area contributed by atoms with Crippen LogP contribution in [0.2, 0.25) is 10.0 Å². The lowest BCUT2D eigenvalue weighted by molar-refractivity contribution is -0.120. The molecule has 0 saturated heterocycles. The van der Waals surface area contributed by atoms with Crippen molar-refractivity contribution in [1.82, 2.24) is 0 Å². The van der Waals surface area contributed by atoms with Crippen LogP contribution in [0.3, 0.4) is 0 Å². The zero-order chi connectivity index (χ0) is 11.1. The van der Waals surface area contributed by atoms with E-state index in [0.29, 0.717) is 15.7 Å². The van der Waals surface area contributed by atoms with Crippen molar-refractivity contribution in [3.63, 3.8) is 0 Å². The molecule has 0 bridgehead atoms. The molecule has 0 spiro atoms. The maximum atomic E-state index is 11.7. The third kappa shape index (κ3) is 2.27.